The quantitative estimate of drug-likeness (QED) is 0.847. The third-order valence-corrected chi connectivity index (χ3v) is 5.47. The standard InChI is InChI=1S/C20H24F3N5/c21-20(22,23)15-4-3-5-17(12-15)27-10-6-16(7-11-27)26-18-13-19(25-14-24-18)28-8-1-2-9-28/h3-5,12-14,16H,1-2,6-11H2,(H,24,25,26). The molecule has 2 fully saturated rings. The number of nitrogens with one attached hydrogen (secondary N) is 1. The molecule has 0 aliphatic carbocycles. The first kappa shape index (κ1) is 18.8. The second kappa shape index (κ2) is 7.85. The molecule has 3 heterocycles. The monoisotopic (exact) mass is 391 g/mol. The average molecular weight is 391 g/mol. The summed E-state index contributed by atoms with van der Waals surface area (Å²) in [5, 5.41) is 3.47. The van der Waals surface area contributed by atoms with E-state index in [1.165, 1.54) is 25.0 Å². The van der Waals surface area contributed by atoms with Crippen LogP contribution in [0.4, 0.5) is 30.5 Å². The van der Waals surface area contributed by atoms with Crippen molar-refractivity contribution < 1.29 is 13.2 Å². The maximum Gasteiger partial charge on any atom is 0.416 e. The summed E-state index contributed by atoms with van der Waals surface area (Å²) in [4.78, 5) is 13.0. The van der Waals surface area contributed by atoms with E-state index in [1.807, 2.05) is 11.0 Å². The largest absolute Gasteiger partial charge is 0.416 e. The van der Waals surface area contributed by atoms with Gasteiger partial charge in [0.25, 0.3) is 0 Å². The number of anilines is 3. The second-order valence-electron chi connectivity index (χ2n) is 7.41. The Morgan fingerprint density at radius 1 is 0.929 bits per heavy atom. The summed E-state index contributed by atoms with van der Waals surface area (Å²) in [5.74, 6) is 1.77. The van der Waals surface area contributed by atoms with Crippen LogP contribution in [0.15, 0.2) is 36.7 Å². The molecule has 0 unspecified atom stereocenters. The Kier molecular flexibility index (Phi) is 5.28. The molecule has 0 spiro atoms. The van der Waals surface area contributed by atoms with Crippen LogP contribution in [0.25, 0.3) is 0 Å². The molecule has 0 saturated carbocycles. The molecule has 150 valence electrons. The second-order valence-corrected chi connectivity index (χ2v) is 7.41. The van der Waals surface area contributed by atoms with E-state index in [-0.39, 0.29) is 6.04 Å². The maximum absolute atomic E-state index is 12.9. The van der Waals surface area contributed by atoms with Gasteiger partial charge in [0.15, 0.2) is 0 Å². The van der Waals surface area contributed by atoms with Crippen molar-refractivity contribution in [2.75, 3.05) is 41.3 Å². The Balaban J connectivity index is 1.35. The molecule has 0 radical (unpaired) electrons. The predicted octanol–water partition coefficient (Wildman–Crippen LogP) is 4.18. The molecule has 2 aliphatic heterocycles. The van der Waals surface area contributed by atoms with Gasteiger partial charge in [-0.05, 0) is 43.9 Å². The van der Waals surface area contributed by atoms with Crippen LogP contribution in [-0.4, -0.2) is 42.2 Å². The fourth-order valence-electron chi connectivity index (χ4n) is 3.92. The van der Waals surface area contributed by atoms with Crippen molar-refractivity contribution in [3.8, 4) is 0 Å². The van der Waals surface area contributed by atoms with E-state index < -0.39 is 11.7 Å². The Morgan fingerprint density at radius 3 is 2.39 bits per heavy atom. The van der Waals surface area contributed by atoms with Gasteiger partial charge in [-0.2, -0.15) is 13.2 Å². The Hall–Kier alpha value is -2.51. The van der Waals surface area contributed by atoms with Gasteiger partial charge in [-0.25, -0.2) is 9.97 Å². The van der Waals surface area contributed by atoms with Crippen molar-refractivity contribution >= 4 is 17.3 Å². The minimum Gasteiger partial charge on any atom is -0.371 e. The van der Waals surface area contributed by atoms with Gasteiger partial charge in [0, 0.05) is 44.0 Å². The normalized spacial score (nSPS) is 18.5. The SMILES string of the molecule is FC(F)(F)c1cccc(N2CCC(Nc3cc(N4CCCC4)ncn3)CC2)c1. The van der Waals surface area contributed by atoms with Gasteiger partial charge in [-0.1, -0.05) is 6.07 Å². The van der Waals surface area contributed by atoms with Crippen molar-refractivity contribution in [1.82, 2.24) is 9.97 Å². The number of alkyl halides is 3. The fraction of sp³-hybridized carbons (Fsp3) is 0.500. The van der Waals surface area contributed by atoms with Crippen LogP contribution in [0.1, 0.15) is 31.2 Å². The molecule has 2 aromatic rings. The first-order valence-corrected chi connectivity index (χ1v) is 9.75. The van der Waals surface area contributed by atoms with Crippen LogP contribution >= 0.6 is 0 Å². The topological polar surface area (TPSA) is 44.3 Å². The lowest BCUT2D eigenvalue weighted by Crippen LogP contribution is -2.39. The minimum atomic E-state index is -4.31. The van der Waals surface area contributed by atoms with Crippen LogP contribution in [0, 0.1) is 0 Å². The number of benzene rings is 1. The lowest BCUT2D eigenvalue weighted by atomic mass is 10.0. The number of hydrogen-bond donors (Lipinski definition) is 1. The number of hydrogen-bond acceptors (Lipinski definition) is 5. The van der Waals surface area contributed by atoms with Gasteiger partial charge < -0.3 is 15.1 Å². The molecule has 0 amide bonds. The van der Waals surface area contributed by atoms with E-state index in [0.29, 0.717) is 18.8 Å². The molecule has 0 atom stereocenters. The Bertz CT molecular complexity index is 796. The number of halogens is 3. The van der Waals surface area contributed by atoms with Gasteiger partial charge in [0.1, 0.15) is 18.0 Å². The predicted molar refractivity (Wildman–Crippen MR) is 104 cm³/mol. The molecule has 5 nitrogen and oxygen atoms in total. The molecule has 4 rings (SSSR count). The molecule has 1 aromatic heterocycles. The van der Waals surface area contributed by atoms with Gasteiger partial charge >= 0.3 is 6.18 Å². The first-order valence-electron chi connectivity index (χ1n) is 9.75. The van der Waals surface area contributed by atoms with Crippen molar-refractivity contribution in [3.05, 3.63) is 42.2 Å². The van der Waals surface area contributed by atoms with Gasteiger partial charge in [-0.15, -0.1) is 0 Å². The summed E-state index contributed by atoms with van der Waals surface area (Å²) in [6.45, 7) is 3.49. The van der Waals surface area contributed by atoms with Crippen LogP contribution in [0.3, 0.4) is 0 Å². The van der Waals surface area contributed by atoms with E-state index in [9.17, 15) is 13.2 Å². The summed E-state index contributed by atoms with van der Waals surface area (Å²) in [6.07, 6.45) is 1.36. The summed E-state index contributed by atoms with van der Waals surface area (Å²) >= 11 is 0. The smallest absolute Gasteiger partial charge is 0.371 e. The average Bonchev–Trinajstić information content (AvgIpc) is 3.23. The number of rotatable bonds is 4. The van der Waals surface area contributed by atoms with Crippen molar-refractivity contribution in [1.29, 1.82) is 0 Å². The van der Waals surface area contributed by atoms with Crippen molar-refractivity contribution in [2.45, 2.75) is 37.9 Å². The summed E-state index contributed by atoms with van der Waals surface area (Å²) in [5.41, 5.74) is 0.0345. The molecule has 28 heavy (non-hydrogen) atoms. The highest BCUT2D eigenvalue weighted by Crippen LogP contribution is 2.32. The molecule has 2 saturated heterocycles. The van der Waals surface area contributed by atoms with Crippen LogP contribution in [0.5, 0.6) is 0 Å². The number of aromatic nitrogens is 2. The molecule has 0 bridgehead atoms. The summed E-state index contributed by atoms with van der Waals surface area (Å²) < 4.78 is 38.8. The van der Waals surface area contributed by atoms with E-state index in [2.05, 4.69) is 20.2 Å². The van der Waals surface area contributed by atoms with E-state index >= 15 is 0 Å². The highest BCUT2D eigenvalue weighted by atomic mass is 19.4. The molecule has 2 aliphatic rings. The minimum absolute atomic E-state index is 0.253. The van der Waals surface area contributed by atoms with Gasteiger partial charge in [-0.3, -0.25) is 0 Å². The molecular formula is C20H24F3N5. The zero-order valence-electron chi connectivity index (χ0n) is 15.6. The number of nitrogens with zero attached hydrogens (tertiary/aromatic N) is 4. The third-order valence-electron chi connectivity index (χ3n) is 5.47. The highest BCUT2D eigenvalue weighted by Gasteiger charge is 2.31. The fourth-order valence-corrected chi connectivity index (χ4v) is 3.92. The van der Waals surface area contributed by atoms with Crippen molar-refractivity contribution in [3.63, 3.8) is 0 Å². The number of piperidine rings is 1. The van der Waals surface area contributed by atoms with Gasteiger partial charge in [0.05, 0.1) is 5.56 Å². The van der Waals surface area contributed by atoms with Crippen LogP contribution in [0.2, 0.25) is 0 Å². The zero-order valence-corrected chi connectivity index (χ0v) is 15.6. The van der Waals surface area contributed by atoms with E-state index in [4.69, 9.17) is 0 Å². The van der Waals surface area contributed by atoms with Crippen molar-refractivity contribution in [2.24, 2.45) is 0 Å². The highest BCUT2D eigenvalue weighted by molar-refractivity contribution is 5.51. The lowest BCUT2D eigenvalue weighted by molar-refractivity contribution is -0.137. The molecule has 1 N–H and O–H groups in total. The zero-order chi connectivity index (χ0) is 19.6. The Labute approximate surface area is 162 Å². The lowest BCUT2D eigenvalue weighted by Gasteiger charge is -2.34. The first-order chi connectivity index (χ1) is 13.5. The summed E-state index contributed by atoms with van der Waals surface area (Å²) in [7, 11) is 0. The maximum atomic E-state index is 12.9. The Morgan fingerprint density at radius 2 is 1.68 bits per heavy atom. The molecule has 1 aromatic carbocycles. The molecule has 8 heteroatoms. The summed E-state index contributed by atoms with van der Waals surface area (Å²) in [6, 6.07) is 7.82. The van der Waals surface area contributed by atoms with E-state index in [0.717, 1.165) is 43.6 Å². The third kappa shape index (κ3) is 4.31. The molecular weight excluding hydrogens is 367 g/mol. The van der Waals surface area contributed by atoms with E-state index in [1.54, 1.807) is 12.4 Å². The van der Waals surface area contributed by atoms with Crippen LogP contribution < -0.4 is 15.1 Å². The van der Waals surface area contributed by atoms with Crippen LogP contribution in [-0.2, 0) is 6.18 Å². The van der Waals surface area contributed by atoms with Gasteiger partial charge in [0.2, 0.25) is 0 Å².